The van der Waals surface area contributed by atoms with Crippen LogP contribution < -0.4 is 21.9 Å². The number of rotatable bonds is 8. The zero-order chi connectivity index (χ0) is 24.9. The first-order chi connectivity index (χ1) is 16.1. The lowest BCUT2D eigenvalue weighted by Gasteiger charge is -2.22. The van der Waals surface area contributed by atoms with E-state index >= 15 is 0 Å². The summed E-state index contributed by atoms with van der Waals surface area (Å²) >= 11 is 0. The van der Waals surface area contributed by atoms with E-state index in [0.717, 1.165) is 12.0 Å². The van der Waals surface area contributed by atoms with Crippen LogP contribution in [0.4, 0.5) is 11.5 Å². The lowest BCUT2D eigenvalue weighted by Crippen LogP contribution is -2.40. The second-order valence-electron chi connectivity index (χ2n) is 9.21. The number of amides is 1. The molecule has 0 radical (unpaired) electrons. The Morgan fingerprint density at radius 1 is 1.18 bits per heavy atom. The molecule has 8 nitrogen and oxygen atoms in total. The van der Waals surface area contributed by atoms with Crippen molar-refractivity contribution in [3.8, 4) is 0 Å². The van der Waals surface area contributed by atoms with Gasteiger partial charge in [0.05, 0.1) is 12.8 Å². The number of aromatic amines is 1. The maximum absolute atomic E-state index is 13.3. The van der Waals surface area contributed by atoms with Crippen LogP contribution in [0.1, 0.15) is 57.4 Å². The van der Waals surface area contributed by atoms with Gasteiger partial charge in [-0.15, -0.1) is 0 Å². The van der Waals surface area contributed by atoms with E-state index in [0.29, 0.717) is 18.7 Å². The van der Waals surface area contributed by atoms with Crippen LogP contribution in [0.15, 0.2) is 62.7 Å². The van der Waals surface area contributed by atoms with E-state index in [1.807, 2.05) is 31.2 Å². The number of unbranched alkanes of at least 4 members (excludes halogenated alkanes) is 1. The maximum Gasteiger partial charge on any atom is 0.330 e. The largest absolute Gasteiger partial charge is 0.467 e. The number of hydrogen-bond donors (Lipinski definition) is 2. The molecule has 0 saturated heterocycles. The normalized spacial score (nSPS) is 11.8. The molecule has 2 heterocycles. The van der Waals surface area contributed by atoms with E-state index in [4.69, 9.17) is 10.2 Å². The van der Waals surface area contributed by atoms with Crippen molar-refractivity contribution < 1.29 is 9.21 Å². The number of carbonyl (C=O) groups is 1. The van der Waals surface area contributed by atoms with Crippen molar-refractivity contribution in [1.82, 2.24) is 9.55 Å². The molecular formula is C26H32N4O4. The number of hydrogen-bond acceptors (Lipinski definition) is 5. The minimum atomic E-state index is -0.724. The molecule has 0 aliphatic rings. The highest BCUT2D eigenvalue weighted by molar-refractivity contribution is 6.05. The van der Waals surface area contributed by atoms with E-state index < -0.39 is 17.2 Å². The van der Waals surface area contributed by atoms with Crippen molar-refractivity contribution in [3.63, 3.8) is 0 Å². The molecule has 2 aromatic heterocycles. The first kappa shape index (κ1) is 24.8. The van der Waals surface area contributed by atoms with E-state index in [9.17, 15) is 14.4 Å². The number of H-pyrrole nitrogens is 1. The van der Waals surface area contributed by atoms with Gasteiger partial charge in [0, 0.05) is 12.6 Å². The molecule has 0 atom stereocenters. The van der Waals surface area contributed by atoms with E-state index in [1.54, 1.807) is 18.2 Å². The third-order valence-corrected chi connectivity index (χ3v) is 5.57. The standard InChI is InChI=1S/C26H32N4O4/c1-5-6-15-29-23(27)22(24(32)28-25(29)33)30(17-20-8-7-16-34-20)21(31)14-11-18-9-12-19(13-10-18)26(2,3)4/h7-14,16H,5-6,15,17,27H2,1-4H3,(H,28,32,33)/b14-11+. The van der Waals surface area contributed by atoms with Crippen LogP contribution in [0.3, 0.4) is 0 Å². The monoisotopic (exact) mass is 464 g/mol. The number of furan rings is 1. The summed E-state index contributed by atoms with van der Waals surface area (Å²) in [5, 5.41) is 0. The fourth-order valence-electron chi connectivity index (χ4n) is 3.55. The molecule has 3 aromatic rings. The number of nitrogens with one attached hydrogen (secondary N) is 1. The Morgan fingerprint density at radius 3 is 2.47 bits per heavy atom. The van der Waals surface area contributed by atoms with Crippen LogP contribution in [0.25, 0.3) is 6.08 Å². The highest BCUT2D eigenvalue weighted by Crippen LogP contribution is 2.23. The van der Waals surface area contributed by atoms with Crippen molar-refractivity contribution in [2.45, 2.75) is 59.0 Å². The molecule has 3 N–H and O–H groups in total. The van der Waals surface area contributed by atoms with Crippen molar-refractivity contribution in [3.05, 3.63) is 86.5 Å². The van der Waals surface area contributed by atoms with Crippen LogP contribution in [-0.2, 0) is 23.3 Å². The lowest BCUT2D eigenvalue weighted by atomic mass is 9.87. The number of nitrogens with two attached hydrogens (primary N) is 1. The summed E-state index contributed by atoms with van der Waals surface area (Å²) in [6.45, 7) is 8.71. The molecule has 1 amide bonds. The zero-order valence-corrected chi connectivity index (χ0v) is 20.1. The first-order valence-electron chi connectivity index (χ1n) is 11.4. The summed E-state index contributed by atoms with van der Waals surface area (Å²) in [5.74, 6) is -0.0411. The molecule has 0 fully saturated rings. The van der Waals surface area contributed by atoms with Crippen molar-refractivity contribution in [2.75, 3.05) is 10.6 Å². The van der Waals surface area contributed by atoms with Gasteiger partial charge >= 0.3 is 5.69 Å². The third-order valence-electron chi connectivity index (χ3n) is 5.57. The Balaban J connectivity index is 1.99. The Kier molecular flexibility index (Phi) is 7.61. The minimum Gasteiger partial charge on any atom is -0.467 e. The molecule has 3 rings (SSSR count). The van der Waals surface area contributed by atoms with E-state index in [1.165, 1.54) is 27.4 Å². The quantitative estimate of drug-likeness (QED) is 0.488. The van der Waals surface area contributed by atoms with Gasteiger partial charge in [-0.1, -0.05) is 58.4 Å². The van der Waals surface area contributed by atoms with Crippen LogP contribution in [0.2, 0.25) is 0 Å². The summed E-state index contributed by atoms with van der Waals surface area (Å²) in [7, 11) is 0. The maximum atomic E-state index is 13.3. The predicted molar refractivity (Wildman–Crippen MR) is 135 cm³/mol. The van der Waals surface area contributed by atoms with Gasteiger partial charge in [-0.2, -0.15) is 0 Å². The van der Waals surface area contributed by atoms with E-state index in [-0.39, 0.29) is 23.5 Å². The number of carbonyl (C=O) groups excluding carboxylic acids is 1. The highest BCUT2D eigenvalue weighted by atomic mass is 16.3. The molecule has 0 aliphatic heterocycles. The summed E-state index contributed by atoms with van der Waals surface area (Å²) in [6, 6.07) is 11.3. The number of anilines is 2. The van der Waals surface area contributed by atoms with Gasteiger partial charge in [0.15, 0.2) is 5.69 Å². The Morgan fingerprint density at radius 2 is 1.88 bits per heavy atom. The molecular weight excluding hydrogens is 432 g/mol. The van der Waals surface area contributed by atoms with Crippen molar-refractivity contribution >= 4 is 23.5 Å². The third kappa shape index (κ3) is 5.75. The predicted octanol–water partition coefficient (Wildman–Crippen LogP) is 4.06. The highest BCUT2D eigenvalue weighted by Gasteiger charge is 2.24. The average Bonchev–Trinajstić information content (AvgIpc) is 3.29. The van der Waals surface area contributed by atoms with Gasteiger partial charge < -0.3 is 10.2 Å². The molecule has 180 valence electrons. The summed E-state index contributed by atoms with van der Waals surface area (Å²) < 4.78 is 6.69. The molecule has 0 saturated carbocycles. The molecule has 0 aliphatic carbocycles. The second-order valence-corrected chi connectivity index (χ2v) is 9.21. The van der Waals surface area contributed by atoms with Gasteiger partial charge in [-0.05, 0) is 41.2 Å². The van der Waals surface area contributed by atoms with Crippen LogP contribution in [0, 0.1) is 0 Å². The molecule has 0 unspecified atom stereocenters. The van der Waals surface area contributed by atoms with E-state index in [2.05, 4.69) is 25.8 Å². The van der Waals surface area contributed by atoms with Gasteiger partial charge in [-0.3, -0.25) is 24.0 Å². The van der Waals surface area contributed by atoms with Crippen molar-refractivity contribution in [1.29, 1.82) is 0 Å². The first-order valence-corrected chi connectivity index (χ1v) is 11.4. The SMILES string of the molecule is CCCCn1c(N)c(N(Cc2ccco2)C(=O)/C=C/c2ccc(C(C)(C)C)cc2)c(=O)[nH]c1=O. The fraction of sp³-hybridized carbons (Fsp3) is 0.346. The smallest absolute Gasteiger partial charge is 0.330 e. The summed E-state index contributed by atoms with van der Waals surface area (Å²) in [4.78, 5) is 41.9. The molecule has 34 heavy (non-hydrogen) atoms. The van der Waals surface area contributed by atoms with Crippen LogP contribution in [0.5, 0.6) is 0 Å². The lowest BCUT2D eigenvalue weighted by molar-refractivity contribution is -0.114. The summed E-state index contributed by atoms with van der Waals surface area (Å²) in [5.41, 5.74) is 6.90. The topological polar surface area (TPSA) is 114 Å². The van der Waals surface area contributed by atoms with Gasteiger partial charge in [0.2, 0.25) is 0 Å². The number of nitrogen functional groups attached to an aromatic ring is 1. The molecule has 8 heteroatoms. The fourth-order valence-corrected chi connectivity index (χ4v) is 3.55. The summed E-state index contributed by atoms with van der Waals surface area (Å²) in [6.07, 6.45) is 6.09. The molecule has 1 aromatic carbocycles. The Hall–Kier alpha value is -3.81. The second kappa shape index (κ2) is 10.4. The number of aromatic nitrogens is 2. The average molecular weight is 465 g/mol. The number of nitrogens with zero attached hydrogens (tertiary/aromatic N) is 2. The minimum absolute atomic E-state index is 0.0155. The Bertz CT molecular complexity index is 1260. The van der Waals surface area contributed by atoms with Gasteiger partial charge in [0.25, 0.3) is 11.5 Å². The van der Waals surface area contributed by atoms with Gasteiger partial charge in [0.1, 0.15) is 11.6 Å². The number of benzene rings is 1. The van der Waals surface area contributed by atoms with Crippen molar-refractivity contribution in [2.24, 2.45) is 0 Å². The molecule has 0 bridgehead atoms. The van der Waals surface area contributed by atoms with Crippen LogP contribution in [-0.4, -0.2) is 15.5 Å². The zero-order valence-electron chi connectivity index (χ0n) is 20.1. The van der Waals surface area contributed by atoms with Gasteiger partial charge in [-0.25, -0.2) is 4.79 Å². The van der Waals surface area contributed by atoms with Crippen LogP contribution >= 0.6 is 0 Å². The molecule has 0 spiro atoms. The Labute approximate surface area is 198 Å².